The van der Waals surface area contributed by atoms with Crippen LogP contribution in [0.3, 0.4) is 0 Å². The highest BCUT2D eigenvalue weighted by Gasteiger charge is 2.24. The summed E-state index contributed by atoms with van der Waals surface area (Å²) in [4.78, 5) is 31.1. The van der Waals surface area contributed by atoms with E-state index in [1.54, 1.807) is 34.1 Å². The lowest BCUT2D eigenvalue weighted by Crippen LogP contribution is -2.26. The van der Waals surface area contributed by atoms with Crippen LogP contribution >= 0.6 is 11.3 Å². The molecule has 0 bridgehead atoms. The maximum absolute atomic E-state index is 14.2. The third-order valence-corrected chi connectivity index (χ3v) is 6.72. The lowest BCUT2D eigenvalue weighted by molar-refractivity contribution is -0.137. The smallest absolute Gasteiger partial charge is 0.303 e. The normalized spacial score (nSPS) is 16.1. The maximum atomic E-state index is 14.2. The Labute approximate surface area is 171 Å². The van der Waals surface area contributed by atoms with Crippen LogP contribution in [0.15, 0.2) is 29.1 Å². The standard InChI is InChI=1S/C22H23FN2O3S/c1-13-8-9-15-17(11-13)29-21-20(15)22(28)25(10-4-7-19(26)27)18(24-21)12-14-5-2-3-6-16(14)23/h2-3,5-6,13H,4,7-12H2,1H3,(H,26,27). The average Bonchev–Trinajstić information content (AvgIpc) is 3.03. The minimum Gasteiger partial charge on any atom is -0.481 e. The van der Waals surface area contributed by atoms with E-state index < -0.39 is 5.97 Å². The topological polar surface area (TPSA) is 72.2 Å². The van der Waals surface area contributed by atoms with Gasteiger partial charge in [-0.1, -0.05) is 25.1 Å². The number of halogens is 1. The molecular formula is C22H23FN2O3S. The molecule has 1 N–H and O–H groups in total. The Kier molecular flexibility index (Phi) is 5.50. The van der Waals surface area contributed by atoms with E-state index in [1.807, 2.05) is 0 Å². The molecule has 0 radical (unpaired) electrons. The minimum atomic E-state index is -0.898. The first kappa shape index (κ1) is 19.8. The number of thiophene rings is 1. The second-order valence-corrected chi connectivity index (χ2v) is 8.87. The number of rotatable bonds is 6. The number of fused-ring (bicyclic) bond motifs is 3. The van der Waals surface area contributed by atoms with Crippen molar-refractivity contribution in [3.8, 4) is 0 Å². The van der Waals surface area contributed by atoms with E-state index in [2.05, 4.69) is 6.92 Å². The summed E-state index contributed by atoms with van der Waals surface area (Å²) < 4.78 is 15.8. The van der Waals surface area contributed by atoms with Crippen LogP contribution < -0.4 is 5.56 Å². The van der Waals surface area contributed by atoms with Gasteiger partial charge in [0.15, 0.2) is 0 Å². The first-order chi connectivity index (χ1) is 13.9. The Hall–Kier alpha value is -2.54. The van der Waals surface area contributed by atoms with Crippen LogP contribution in [0, 0.1) is 11.7 Å². The van der Waals surface area contributed by atoms with Gasteiger partial charge in [-0.15, -0.1) is 11.3 Å². The molecular weight excluding hydrogens is 391 g/mol. The summed E-state index contributed by atoms with van der Waals surface area (Å²) in [5, 5.41) is 9.64. The maximum Gasteiger partial charge on any atom is 0.303 e. The number of carbonyl (C=O) groups is 1. The third kappa shape index (κ3) is 3.96. The van der Waals surface area contributed by atoms with E-state index in [-0.39, 0.29) is 30.8 Å². The molecule has 3 aromatic rings. The van der Waals surface area contributed by atoms with Crippen LogP contribution in [0.25, 0.3) is 10.2 Å². The molecule has 0 spiro atoms. The fourth-order valence-electron chi connectivity index (χ4n) is 4.03. The summed E-state index contributed by atoms with van der Waals surface area (Å²) in [5.41, 5.74) is 1.45. The summed E-state index contributed by atoms with van der Waals surface area (Å²) in [6, 6.07) is 6.47. The van der Waals surface area contributed by atoms with Crippen molar-refractivity contribution in [3.63, 3.8) is 0 Å². The van der Waals surface area contributed by atoms with Gasteiger partial charge in [0.25, 0.3) is 5.56 Å². The van der Waals surface area contributed by atoms with E-state index in [1.165, 1.54) is 10.9 Å². The molecule has 0 fully saturated rings. The lowest BCUT2D eigenvalue weighted by Gasteiger charge is -2.18. The molecule has 2 heterocycles. The molecule has 2 aromatic heterocycles. The van der Waals surface area contributed by atoms with Gasteiger partial charge in [-0.05, 0) is 48.8 Å². The number of carboxylic acids is 1. The van der Waals surface area contributed by atoms with Crippen molar-refractivity contribution >= 4 is 27.5 Å². The van der Waals surface area contributed by atoms with Crippen molar-refractivity contribution in [2.45, 2.75) is 52.0 Å². The molecule has 7 heteroatoms. The monoisotopic (exact) mass is 414 g/mol. The molecule has 1 unspecified atom stereocenters. The molecule has 29 heavy (non-hydrogen) atoms. The average molecular weight is 415 g/mol. The largest absolute Gasteiger partial charge is 0.481 e. The molecule has 152 valence electrons. The van der Waals surface area contributed by atoms with Crippen LogP contribution in [-0.4, -0.2) is 20.6 Å². The number of hydrogen-bond donors (Lipinski definition) is 1. The number of carboxylic acid groups (broad SMARTS) is 1. The SMILES string of the molecule is CC1CCc2c(sc3nc(Cc4ccccc4F)n(CCCC(=O)O)c(=O)c23)C1. The summed E-state index contributed by atoms with van der Waals surface area (Å²) in [7, 11) is 0. The van der Waals surface area contributed by atoms with Crippen molar-refractivity contribution in [2.75, 3.05) is 0 Å². The molecule has 5 nitrogen and oxygen atoms in total. The van der Waals surface area contributed by atoms with Gasteiger partial charge >= 0.3 is 5.97 Å². The van der Waals surface area contributed by atoms with Crippen molar-refractivity contribution in [3.05, 3.63) is 62.3 Å². The fraction of sp³-hybridized carbons (Fsp3) is 0.409. The Morgan fingerprint density at radius 1 is 1.38 bits per heavy atom. The van der Waals surface area contributed by atoms with Gasteiger partial charge < -0.3 is 5.11 Å². The van der Waals surface area contributed by atoms with Gasteiger partial charge in [0.05, 0.1) is 5.39 Å². The zero-order valence-electron chi connectivity index (χ0n) is 16.3. The highest BCUT2D eigenvalue weighted by molar-refractivity contribution is 7.18. The van der Waals surface area contributed by atoms with E-state index in [4.69, 9.17) is 10.1 Å². The summed E-state index contributed by atoms with van der Waals surface area (Å²) in [6.45, 7) is 2.48. The van der Waals surface area contributed by atoms with Crippen LogP contribution in [-0.2, 0) is 30.6 Å². The van der Waals surface area contributed by atoms with E-state index in [0.717, 1.165) is 29.7 Å². The predicted octanol–water partition coefficient (Wildman–Crippen LogP) is 4.18. The molecule has 4 rings (SSSR count). The summed E-state index contributed by atoms with van der Waals surface area (Å²) in [6.07, 6.45) is 3.38. The second-order valence-electron chi connectivity index (χ2n) is 7.78. The number of benzene rings is 1. The number of aryl methyl sites for hydroxylation is 1. The van der Waals surface area contributed by atoms with Gasteiger partial charge in [0, 0.05) is 24.3 Å². The Balaban J connectivity index is 1.82. The number of nitrogens with zero attached hydrogens (tertiary/aromatic N) is 2. The number of hydrogen-bond acceptors (Lipinski definition) is 4. The molecule has 1 aliphatic rings. The first-order valence-electron chi connectivity index (χ1n) is 9.93. The lowest BCUT2D eigenvalue weighted by atomic mass is 9.89. The molecule has 1 aliphatic carbocycles. The van der Waals surface area contributed by atoms with Crippen LogP contribution in [0.5, 0.6) is 0 Å². The van der Waals surface area contributed by atoms with Crippen molar-refractivity contribution < 1.29 is 14.3 Å². The Bertz CT molecular complexity index is 1140. The van der Waals surface area contributed by atoms with Crippen molar-refractivity contribution in [1.29, 1.82) is 0 Å². The number of aliphatic carboxylic acids is 1. The van der Waals surface area contributed by atoms with E-state index >= 15 is 0 Å². The van der Waals surface area contributed by atoms with Crippen LogP contribution in [0.4, 0.5) is 4.39 Å². The first-order valence-corrected chi connectivity index (χ1v) is 10.7. The van der Waals surface area contributed by atoms with Crippen molar-refractivity contribution in [1.82, 2.24) is 9.55 Å². The zero-order chi connectivity index (χ0) is 20.5. The molecule has 0 saturated heterocycles. The van der Waals surface area contributed by atoms with E-state index in [9.17, 15) is 14.0 Å². The highest BCUT2D eigenvalue weighted by Crippen LogP contribution is 2.36. The minimum absolute atomic E-state index is 0.0249. The van der Waals surface area contributed by atoms with Crippen molar-refractivity contribution in [2.24, 2.45) is 5.92 Å². The summed E-state index contributed by atoms with van der Waals surface area (Å²) in [5.74, 6) is -0.154. The highest BCUT2D eigenvalue weighted by atomic mass is 32.1. The molecule has 0 aliphatic heterocycles. The van der Waals surface area contributed by atoms with Crippen LogP contribution in [0.2, 0.25) is 0 Å². The molecule has 1 aromatic carbocycles. The molecule has 1 atom stereocenters. The van der Waals surface area contributed by atoms with E-state index in [0.29, 0.717) is 29.1 Å². The van der Waals surface area contributed by atoms with Gasteiger partial charge in [0.2, 0.25) is 0 Å². The van der Waals surface area contributed by atoms with Gasteiger partial charge in [-0.3, -0.25) is 14.2 Å². The fourth-order valence-corrected chi connectivity index (χ4v) is 5.42. The molecule has 0 saturated carbocycles. The quantitative estimate of drug-likeness (QED) is 0.657. The van der Waals surface area contributed by atoms with Crippen LogP contribution in [0.1, 0.15) is 48.0 Å². The van der Waals surface area contributed by atoms with Gasteiger partial charge in [0.1, 0.15) is 16.5 Å². The number of aromatic nitrogens is 2. The summed E-state index contributed by atoms with van der Waals surface area (Å²) >= 11 is 1.57. The third-order valence-electron chi connectivity index (χ3n) is 5.57. The Morgan fingerprint density at radius 3 is 2.93 bits per heavy atom. The zero-order valence-corrected chi connectivity index (χ0v) is 17.1. The molecule has 0 amide bonds. The predicted molar refractivity (Wildman–Crippen MR) is 111 cm³/mol. The van der Waals surface area contributed by atoms with Gasteiger partial charge in [-0.2, -0.15) is 0 Å². The Morgan fingerprint density at radius 2 is 2.17 bits per heavy atom. The second kappa shape index (κ2) is 8.06. The van der Waals surface area contributed by atoms with Gasteiger partial charge in [-0.25, -0.2) is 9.37 Å².